The Hall–Kier alpha value is -0.570. The van der Waals surface area contributed by atoms with E-state index in [0.717, 1.165) is 17.5 Å². The zero-order valence-corrected chi connectivity index (χ0v) is 12.0. The average Bonchev–Trinajstić information content (AvgIpc) is 2.35. The molecule has 0 aliphatic heterocycles. The third kappa shape index (κ3) is 3.44. The molecule has 0 aliphatic rings. The summed E-state index contributed by atoms with van der Waals surface area (Å²) in [5, 5.41) is 1.18. The number of hydrogen-bond donors (Lipinski definition) is 0. The van der Waals surface area contributed by atoms with E-state index in [0.29, 0.717) is 10.0 Å². The van der Waals surface area contributed by atoms with Crippen LogP contribution < -0.4 is 0 Å². The summed E-state index contributed by atoms with van der Waals surface area (Å²) < 4.78 is 0. The highest BCUT2D eigenvalue weighted by Crippen LogP contribution is 2.29. The monoisotopic (exact) mass is 329 g/mol. The molecule has 4 heteroatoms. The maximum Gasteiger partial charge on any atom is 0.0595 e. The highest BCUT2D eigenvalue weighted by Gasteiger charge is 2.09. The number of pyridine rings is 1. The van der Waals surface area contributed by atoms with E-state index in [4.69, 9.17) is 23.2 Å². The SMILES string of the molecule is Clc1ccc(CC(Br)c2cccnc2)cc1Cl. The van der Waals surface area contributed by atoms with E-state index in [-0.39, 0.29) is 4.83 Å². The molecule has 0 aliphatic carbocycles. The van der Waals surface area contributed by atoms with Gasteiger partial charge in [-0.3, -0.25) is 4.98 Å². The van der Waals surface area contributed by atoms with E-state index in [9.17, 15) is 0 Å². The summed E-state index contributed by atoms with van der Waals surface area (Å²) in [4.78, 5) is 4.33. The predicted molar refractivity (Wildman–Crippen MR) is 76.1 cm³/mol. The number of hydrogen-bond acceptors (Lipinski definition) is 1. The molecule has 0 N–H and O–H groups in total. The van der Waals surface area contributed by atoms with Gasteiger partial charge in [-0.1, -0.05) is 51.3 Å². The molecule has 2 rings (SSSR count). The lowest BCUT2D eigenvalue weighted by Crippen LogP contribution is -1.95. The van der Waals surface area contributed by atoms with Gasteiger partial charge in [0.15, 0.2) is 0 Å². The molecule has 1 heterocycles. The van der Waals surface area contributed by atoms with Crippen LogP contribution in [0.4, 0.5) is 0 Å². The summed E-state index contributed by atoms with van der Waals surface area (Å²) in [6.07, 6.45) is 4.47. The van der Waals surface area contributed by atoms with Crippen LogP contribution in [0.2, 0.25) is 10.0 Å². The number of nitrogens with zero attached hydrogens (tertiary/aromatic N) is 1. The Kier molecular flexibility index (Phi) is 4.43. The minimum atomic E-state index is 0.230. The predicted octanol–water partition coefficient (Wildman–Crippen LogP) is 5.07. The van der Waals surface area contributed by atoms with Crippen molar-refractivity contribution in [2.75, 3.05) is 0 Å². The van der Waals surface area contributed by atoms with E-state index in [1.165, 1.54) is 0 Å². The number of aromatic nitrogens is 1. The topological polar surface area (TPSA) is 12.9 Å². The maximum atomic E-state index is 5.98. The second-order valence-electron chi connectivity index (χ2n) is 3.71. The molecular formula is C13H10BrCl2N. The molecule has 0 saturated heterocycles. The molecule has 1 aromatic carbocycles. The van der Waals surface area contributed by atoms with Gasteiger partial charge in [-0.2, -0.15) is 0 Å². The van der Waals surface area contributed by atoms with E-state index in [2.05, 4.69) is 20.9 Å². The van der Waals surface area contributed by atoms with Gasteiger partial charge in [-0.25, -0.2) is 0 Å². The third-order valence-electron chi connectivity index (χ3n) is 2.45. The van der Waals surface area contributed by atoms with E-state index >= 15 is 0 Å². The van der Waals surface area contributed by atoms with Crippen molar-refractivity contribution >= 4 is 39.1 Å². The van der Waals surface area contributed by atoms with Crippen LogP contribution in [0.25, 0.3) is 0 Å². The molecule has 0 amide bonds. The number of halogens is 3. The first kappa shape index (κ1) is 12.9. The molecule has 0 fully saturated rings. The van der Waals surface area contributed by atoms with Crippen LogP contribution in [0.3, 0.4) is 0 Å². The maximum absolute atomic E-state index is 5.98. The van der Waals surface area contributed by atoms with Gasteiger partial charge in [-0.15, -0.1) is 0 Å². The molecule has 0 bridgehead atoms. The van der Waals surface area contributed by atoms with E-state index in [1.807, 2.05) is 36.5 Å². The molecule has 1 aromatic heterocycles. The highest BCUT2D eigenvalue weighted by atomic mass is 79.9. The van der Waals surface area contributed by atoms with Crippen molar-refractivity contribution in [3.05, 3.63) is 63.9 Å². The first-order chi connectivity index (χ1) is 8.16. The van der Waals surface area contributed by atoms with Crippen molar-refractivity contribution in [1.82, 2.24) is 4.98 Å². The molecule has 88 valence electrons. The zero-order valence-electron chi connectivity index (χ0n) is 8.91. The Morgan fingerprint density at radius 3 is 2.65 bits per heavy atom. The summed E-state index contributed by atoms with van der Waals surface area (Å²) in [5.74, 6) is 0. The molecule has 0 spiro atoms. The van der Waals surface area contributed by atoms with Crippen molar-refractivity contribution in [2.45, 2.75) is 11.2 Å². The number of alkyl halides is 1. The molecule has 17 heavy (non-hydrogen) atoms. The molecule has 1 nitrogen and oxygen atoms in total. The van der Waals surface area contributed by atoms with Gasteiger partial charge in [0.1, 0.15) is 0 Å². The average molecular weight is 331 g/mol. The van der Waals surface area contributed by atoms with Gasteiger partial charge in [0.2, 0.25) is 0 Å². The Morgan fingerprint density at radius 1 is 1.18 bits per heavy atom. The quantitative estimate of drug-likeness (QED) is 0.716. The summed E-state index contributed by atoms with van der Waals surface area (Å²) in [6.45, 7) is 0. The molecule has 1 atom stereocenters. The minimum absolute atomic E-state index is 0.230. The lowest BCUT2D eigenvalue weighted by Gasteiger charge is -2.10. The van der Waals surface area contributed by atoms with Crippen LogP contribution >= 0.6 is 39.1 Å². The van der Waals surface area contributed by atoms with Crippen molar-refractivity contribution < 1.29 is 0 Å². The Labute approximate surface area is 119 Å². The smallest absolute Gasteiger partial charge is 0.0595 e. The zero-order chi connectivity index (χ0) is 12.3. The summed E-state index contributed by atoms with van der Waals surface area (Å²) in [6, 6.07) is 9.68. The van der Waals surface area contributed by atoms with Gasteiger partial charge < -0.3 is 0 Å². The molecule has 2 aromatic rings. The standard InChI is InChI=1S/C13H10BrCl2N/c14-11(10-2-1-5-17-8-10)6-9-3-4-12(15)13(16)7-9/h1-5,7-8,11H,6H2. The summed E-state index contributed by atoms with van der Waals surface area (Å²) >= 11 is 15.5. The van der Waals surface area contributed by atoms with Gasteiger partial charge >= 0.3 is 0 Å². The van der Waals surface area contributed by atoms with Crippen LogP contribution in [0.15, 0.2) is 42.7 Å². The normalized spacial score (nSPS) is 12.4. The van der Waals surface area contributed by atoms with Crippen molar-refractivity contribution in [2.24, 2.45) is 0 Å². The van der Waals surface area contributed by atoms with Crippen LogP contribution in [0.1, 0.15) is 16.0 Å². The fraction of sp³-hybridized carbons (Fsp3) is 0.154. The van der Waals surface area contributed by atoms with E-state index < -0.39 is 0 Å². The van der Waals surface area contributed by atoms with E-state index in [1.54, 1.807) is 6.20 Å². The number of benzene rings is 1. The van der Waals surface area contributed by atoms with Crippen molar-refractivity contribution in [3.63, 3.8) is 0 Å². The Bertz CT molecular complexity index is 502. The number of rotatable bonds is 3. The van der Waals surface area contributed by atoms with Crippen LogP contribution in [0.5, 0.6) is 0 Å². The second kappa shape index (κ2) is 5.85. The Morgan fingerprint density at radius 2 is 2.00 bits per heavy atom. The van der Waals surface area contributed by atoms with Gasteiger partial charge in [0, 0.05) is 17.2 Å². The molecule has 0 saturated carbocycles. The van der Waals surface area contributed by atoms with Crippen LogP contribution in [0, 0.1) is 0 Å². The largest absolute Gasteiger partial charge is 0.264 e. The molecule has 0 radical (unpaired) electrons. The lowest BCUT2D eigenvalue weighted by molar-refractivity contribution is 0.939. The van der Waals surface area contributed by atoms with Crippen molar-refractivity contribution in [3.8, 4) is 0 Å². The van der Waals surface area contributed by atoms with Gasteiger partial charge in [0.25, 0.3) is 0 Å². The fourth-order valence-corrected chi connectivity index (χ4v) is 2.52. The lowest BCUT2D eigenvalue weighted by atomic mass is 10.1. The Balaban J connectivity index is 2.13. The van der Waals surface area contributed by atoms with Gasteiger partial charge in [-0.05, 0) is 35.7 Å². The van der Waals surface area contributed by atoms with Crippen molar-refractivity contribution in [1.29, 1.82) is 0 Å². The highest BCUT2D eigenvalue weighted by molar-refractivity contribution is 9.09. The first-order valence-corrected chi connectivity index (χ1v) is 6.82. The summed E-state index contributed by atoms with van der Waals surface area (Å²) in [5.41, 5.74) is 2.30. The third-order valence-corrected chi connectivity index (χ3v) is 4.04. The van der Waals surface area contributed by atoms with Crippen LogP contribution in [-0.4, -0.2) is 4.98 Å². The second-order valence-corrected chi connectivity index (χ2v) is 5.63. The minimum Gasteiger partial charge on any atom is -0.264 e. The van der Waals surface area contributed by atoms with Crippen LogP contribution in [-0.2, 0) is 6.42 Å². The summed E-state index contributed by atoms with van der Waals surface area (Å²) in [7, 11) is 0. The first-order valence-electron chi connectivity index (χ1n) is 5.15. The van der Waals surface area contributed by atoms with Gasteiger partial charge in [0.05, 0.1) is 10.0 Å². The molecule has 1 unspecified atom stereocenters. The fourth-order valence-electron chi connectivity index (χ4n) is 1.55. The molecular weight excluding hydrogens is 321 g/mol.